The van der Waals surface area contributed by atoms with Crippen molar-refractivity contribution in [3.63, 3.8) is 0 Å². The van der Waals surface area contributed by atoms with Crippen molar-refractivity contribution < 1.29 is 9.23 Å². The van der Waals surface area contributed by atoms with Crippen molar-refractivity contribution in [3.05, 3.63) is 53.1 Å². The molecule has 1 aromatic carbocycles. The van der Waals surface area contributed by atoms with E-state index in [9.17, 15) is 4.39 Å². The van der Waals surface area contributed by atoms with Gasteiger partial charge in [0.25, 0.3) is 0 Å². The van der Waals surface area contributed by atoms with E-state index in [-0.39, 0.29) is 23.6 Å². The molecule has 2 aromatic rings. The molecule has 0 saturated carbocycles. The Balaban J connectivity index is 2.00. The highest BCUT2D eigenvalue weighted by Gasteiger charge is 2.30. The average molecular weight is 300 g/mol. The summed E-state index contributed by atoms with van der Waals surface area (Å²) in [6.07, 6.45) is 4.81. The van der Waals surface area contributed by atoms with Crippen LogP contribution < -0.4 is 5.73 Å². The fourth-order valence-corrected chi connectivity index (χ4v) is 2.98. The van der Waals surface area contributed by atoms with Crippen LogP contribution in [0.5, 0.6) is 0 Å². The number of hydrogen-bond donors (Lipinski definition) is 1. The van der Waals surface area contributed by atoms with E-state index < -0.39 is 0 Å². The topological polar surface area (TPSA) is 73.4 Å². The quantitative estimate of drug-likeness (QED) is 0.698. The van der Waals surface area contributed by atoms with Crippen LogP contribution in [0.4, 0.5) is 10.3 Å². The van der Waals surface area contributed by atoms with Crippen molar-refractivity contribution in [3.8, 4) is 0 Å². The number of nitrogens with zero attached hydrogens (tertiary/aromatic N) is 3. The molecular formula is C16H17FN4O. The highest BCUT2D eigenvalue weighted by molar-refractivity contribution is 5.68. The molecule has 1 aromatic heterocycles. The largest absolute Gasteiger partial charge is 0.399 e. The number of nitrogens with two attached hydrogens (primary N) is 1. The third-order valence-corrected chi connectivity index (χ3v) is 3.99. The van der Waals surface area contributed by atoms with Crippen LogP contribution in [0, 0.1) is 5.82 Å². The fourth-order valence-electron chi connectivity index (χ4n) is 2.98. The molecule has 114 valence electrons. The summed E-state index contributed by atoms with van der Waals surface area (Å²) in [4.78, 5) is 13.2. The molecule has 2 N–H and O–H groups in total. The molecule has 5 nitrogen and oxygen atoms in total. The summed E-state index contributed by atoms with van der Waals surface area (Å²) >= 11 is 0. The lowest BCUT2D eigenvalue weighted by molar-refractivity contribution is 0.213. The van der Waals surface area contributed by atoms with Crippen LogP contribution in [0.1, 0.15) is 35.1 Å². The summed E-state index contributed by atoms with van der Waals surface area (Å²) in [7, 11) is 1.49. The lowest BCUT2D eigenvalue weighted by atomic mass is 9.77. The van der Waals surface area contributed by atoms with E-state index in [1.807, 2.05) is 12.1 Å². The third kappa shape index (κ3) is 2.77. The molecule has 0 radical (unpaired) electrons. The van der Waals surface area contributed by atoms with E-state index in [4.69, 9.17) is 10.6 Å². The van der Waals surface area contributed by atoms with Gasteiger partial charge >= 0.3 is 0 Å². The normalized spacial score (nSPS) is 20.8. The Bertz CT molecular complexity index is 704. The molecule has 6 heteroatoms. The lowest BCUT2D eigenvalue weighted by Gasteiger charge is -2.29. The molecule has 0 amide bonds. The Morgan fingerprint density at radius 1 is 1.36 bits per heavy atom. The highest BCUT2D eigenvalue weighted by Crippen LogP contribution is 2.39. The van der Waals surface area contributed by atoms with Gasteiger partial charge in [0, 0.05) is 17.7 Å². The number of fused-ring (bicyclic) bond motifs is 1. The maximum atomic E-state index is 14.1. The molecule has 2 atom stereocenters. The summed E-state index contributed by atoms with van der Waals surface area (Å²) in [5.41, 5.74) is 8.20. The fraction of sp³-hybridized carbons (Fsp3) is 0.312. The summed E-state index contributed by atoms with van der Waals surface area (Å²) in [5.74, 6) is 0.0426. The van der Waals surface area contributed by atoms with Crippen LogP contribution in [0.15, 0.2) is 35.6 Å². The van der Waals surface area contributed by atoms with E-state index in [0.29, 0.717) is 12.0 Å². The predicted molar refractivity (Wildman–Crippen MR) is 82.1 cm³/mol. The van der Waals surface area contributed by atoms with Crippen molar-refractivity contribution in [1.29, 1.82) is 0 Å². The zero-order valence-electron chi connectivity index (χ0n) is 12.2. The van der Waals surface area contributed by atoms with E-state index in [1.165, 1.54) is 13.2 Å². The molecule has 0 fully saturated rings. The van der Waals surface area contributed by atoms with Crippen molar-refractivity contribution >= 4 is 12.2 Å². The predicted octanol–water partition coefficient (Wildman–Crippen LogP) is 2.64. The summed E-state index contributed by atoms with van der Waals surface area (Å²) in [6.45, 7) is 0. The van der Waals surface area contributed by atoms with Gasteiger partial charge in [0.1, 0.15) is 12.9 Å². The molecular weight excluding hydrogens is 283 g/mol. The molecule has 1 aliphatic carbocycles. The van der Waals surface area contributed by atoms with Gasteiger partial charge in [-0.05, 0) is 30.4 Å². The Hall–Kier alpha value is -2.50. The first-order valence-electron chi connectivity index (χ1n) is 7.11. The Kier molecular flexibility index (Phi) is 4.00. The number of anilines is 1. The van der Waals surface area contributed by atoms with Crippen molar-refractivity contribution in [1.82, 2.24) is 9.97 Å². The smallest absolute Gasteiger partial charge is 0.220 e. The van der Waals surface area contributed by atoms with Gasteiger partial charge in [-0.15, -0.1) is 0 Å². The van der Waals surface area contributed by atoms with Gasteiger partial charge < -0.3 is 10.6 Å². The van der Waals surface area contributed by atoms with Crippen LogP contribution in [0.25, 0.3) is 0 Å². The Morgan fingerprint density at radius 3 is 2.95 bits per heavy atom. The zero-order valence-corrected chi connectivity index (χ0v) is 12.2. The molecule has 1 heterocycles. The molecule has 0 aliphatic heterocycles. The third-order valence-electron chi connectivity index (χ3n) is 3.99. The van der Waals surface area contributed by atoms with Crippen LogP contribution in [-0.4, -0.2) is 23.3 Å². The van der Waals surface area contributed by atoms with Crippen molar-refractivity contribution in [2.45, 2.75) is 24.7 Å². The van der Waals surface area contributed by atoms with E-state index in [2.05, 4.69) is 15.1 Å². The first-order chi connectivity index (χ1) is 10.7. The van der Waals surface area contributed by atoms with Crippen LogP contribution in [0.3, 0.4) is 0 Å². The van der Waals surface area contributed by atoms with Gasteiger partial charge in [0.2, 0.25) is 5.95 Å². The number of rotatable bonds is 3. The number of hydrogen-bond acceptors (Lipinski definition) is 5. The molecule has 0 saturated heterocycles. The lowest BCUT2D eigenvalue weighted by Crippen LogP contribution is -2.21. The van der Waals surface area contributed by atoms with Crippen LogP contribution in [0.2, 0.25) is 0 Å². The number of oxime groups is 1. The first kappa shape index (κ1) is 14.4. The van der Waals surface area contributed by atoms with Gasteiger partial charge in [-0.3, -0.25) is 0 Å². The van der Waals surface area contributed by atoms with Gasteiger partial charge in [0.05, 0.1) is 11.9 Å². The summed E-state index contributed by atoms with van der Waals surface area (Å²) in [5, 5.41) is 3.86. The average Bonchev–Trinajstić information content (AvgIpc) is 2.52. The van der Waals surface area contributed by atoms with Gasteiger partial charge in [0.15, 0.2) is 0 Å². The van der Waals surface area contributed by atoms with Crippen LogP contribution in [-0.2, 0) is 11.3 Å². The van der Waals surface area contributed by atoms with Crippen molar-refractivity contribution in [2.24, 2.45) is 5.16 Å². The Morgan fingerprint density at radius 2 is 2.18 bits per heavy atom. The summed E-state index contributed by atoms with van der Waals surface area (Å²) < 4.78 is 14.1. The minimum atomic E-state index is -0.194. The second-order valence-corrected chi connectivity index (χ2v) is 5.33. The van der Waals surface area contributed by atoms with Crippen LogP contribution >= 0.6 is 0 Å². The molecule has 3 rings (SSSR count). The maximum Gasteiger partial charge on any atom is 0.220 e. The van der Waals surface area contributed by atoms with Gasteiger partial charge in [-0.25, -0.2) is 14.4 Å². The molecule has 22 heavy (non-hydrogen) atoms. The Labute approximate surface area is 128 Å². The minimum absolute atomic E-state index is 0.0195. The van der Waals surface area contributed by atoms with Gasteiger partial charge in [-0.2, -0.15) is 0 Å². The number of aromatic nitrogens is 2. The zero-order chi connectivity index (χ0) is 15.5. The molecule has 0 bridgehead atoms. The number of halogens is 1. The minimum Gasteiger partial charge on any atom is -0.399 e. The molecule has 2 unspecified atom stereocenters. The summed E-state index contributed by atoms with van der Waals surface area (Å²) in [6, 6.07) is 6.84. The monoisotopic (exact) mass is 300 g/mol. The first-order valence-corrected chi connectivity index (χ1v) is 7.11. The van der Waals surface area contributed by atoms with Crippen molar-refractivity contribution in [2.75, 3.05) is 12.8 Å². The highest BCUT2D eigenvalue weighted by atomic mass is 19.1. The SMILES string of the molecule is CON=CC1CC(c2ccccc2F)Cc2nc(N)ncc21. The van der Waals surface area contributed by atoms with E-state index in [0.717, 1.165) is 17.7 Å². The van der Waals surface area contributed by atoms with E-state index in [1.54, 1.807) is 18.5 Å². The standard InChI is InChI=1S/C16H17FN4O/c1-22-20-8-11-6-10(12-4-2-3-5-14(12)17)7-15-13(11)9-19-16(18)21-15/h2-5,8-11H,6-7H2,1H3,(H2,18,19,21). The van der Waals surface area contributed by atoms with Gasteiger partial charge in [-0.1, -0.05) is 23.4 Å². The second-order valence-electron chi connectivity index (χ2n) is 5.33. The van der Waals surface area contributed by atoms with E-state index >= 15 is 0 Å². The maximum absolute atomic E-state index is 14.1. The number of benzene rings is 1. The molecule has 1 aliphatic rings. The number of nitrogen functional groups attached to an aromatic ring is 1. The molecule has 0 spiro atoms. The second kappa shape index (κ2) is 6.09.